The van der Waals surface area contributed by atoms with Gasteiger partial charge in [0, 0.05) is 5.69 Å². The third kappa shape index (κ3) is 2.59. The number of hydrogen-bond donors (Lipinski definition) is 1. The van der Waals surface area contributed by atoms with E-state index in [0.717, 1.165) is 10.9 Å². The van der Waals surface area contributed by atoms with Crippen LogP contribution in [0.3, 0.4) is 0 Å². The van der Waals surface area contributed by atoms with Crippen LogP contribution in [-0.2, 0) is 4.79 Å². The molecule has 0 bridgehead atoms. The minimum Gasteiger partial charge on any atom is -0.335 e. The van der Waals surface area contributed by atoms with E-state index in [4.69, 9.17) is 0 Å². The quantitative estimate of drug-likeness (QED) is 0.788. The molecule has 1 aromatic carbocycles. The van der Waals surface area contributed by atoms with Gasteiger partial charge in [0.25, 0.3) is 0 Å². The Morgan fingerprint density at radius 3 is 2.80 bits per heavy atom. The number of Topliss-reactive ketones (excluding diaryl/α,β-unsaturated/α-hetero) is 1. The summed E-state index contributed by atoms with van der Waals surface area (Å²) in [4.78, 5) is 15.5. The summed E-state index contributed by atoms with van der Waals surface area (Å²) in [6.45, 7) is 1.83. The lowest BCUT2D eigenvalue weighted by Gasteiger charge is -2.16. The van der Waals surface area contributed by atoms with Gasteiger partial charge in [0.15, 0.2) is 11.0 Å². The molecule has 0 aromatic heterocycles. The molecule has 1 aromatic rings. The SMILES string of the molecule is CC1N=C(Nc2ccccc2)SCC1=O. The van der Waals surface area contributed by atoms with E-state index in [1.165, 1.54) is 11.8 Å². The van der Waals surface area contributed by atoms with E-state index in [-0.39, 0.29) is 11.8 Å². The lowest BCUT2D eigenvalue weighted by Crippen LogP contribution is -2.27. The lowest BCUT2D eigenvalue weighted by molar-refractivity contribution is -0.117. The van der Waals surface area contributed by atoms with Gasteiger partial charge >= 0.3 is 0 Å². The van der Waals surface area contributed by atoms with Crippen molar-refractivity contribution in [1.82, 2.24) is 0 Å². The number of thioether (sulfide) groups is 1. The molecular formula is C11H12N2OS. The molecule has 0 amide bonds. The maximum Gasteiger partial charge on any atom is 0.167 e. The zero-order valence-corrected chi connectivity index (χ0v) is 9.25. The molecule has 0 saturated carbocycles. The highest BCUT2D eigenvalue weighted by Gasteiger charge is 2.19. The highest BCUT2D eigenvalue weighted by atomic mass is 32.2. The summed E-state index contributed by atoms with van der Waals surface area (Å²) < 4.78 is 0. The summed E-state index contributed by atoms with van der Waals surface area (Å²) in [5, 5.41) is 4.02. The van der Waals surface area contributed by atoms with Crippen LogP contribution >= 0.6 is 11.8 Å². The molecule has 0 saturated heterocycles. The van der Waals surface area contributed by atoms with E-state index in [9.17, 15) is 4.79 Å². The first-order chi connectivity index (χ1) is 7.25. The molecule has 0 fully saturated rings. The molecule has 0 radical (unpaired) electrons. The number of nitrogens with zero attached hydrogens (tertiary/aromatic N) is 1. The number of nitrogens with one attached hydrogen (secondary N) is 1. The Bertz CT molecular complexity index is 389. The monoisotopic (exact) mass is 220 g/mol. The van der Waals surface area contributed by atoms with Crippen LogP contribution in [0.5, 0.6) is 0 Å². The van der Waals surface area contributed by atoms with Gasteiger partial charge in [-0.3, -0.25) is 9.79 Å². The minimum absolute atomic E-state index is 0.193. The van der Waals surface area contributed by atoms with Crippen LogP contribution in [0.25, 0.3) is 0 Å². The van der Waals surface area contributed by atoms with Gasteiger partial charge in [0.05, 0.1) is 5.75 Å². The van der Waals surface area contributed by atoms with E-state index >= 15 is 0 Å². The van der Waals surface area contributed by atoms with Crippen LogP contribution in [0.4, 0.5) is 5.69 Å². The van der Waals surface area contributed by atoms with Crippen molar-refractivity contribution >= 4 is 28.4 Å². The van der Waals surface area contributed by atoms with Crippen LogP contribution in [-0.4, -0.2) is 22.7 Å². The van der Waals surface area contributed by atoms with E-state index < -0.39 is 0 Å². The first-order valence-corrected chi connectivity index (χ1v) is 5.79. The van der Waals surface area contributed by atoms with Gasteiger partial charge < -0.3 is 5.32 Å². The maximum atomic E-state index is 11.2. The Kier molecular flexibility index (Phi) is 3.06. The molecule has 2 rings (SSSR count). The van der Waals surface area contributed by atoms with Crippen molar-refractivity contribution in [3.8, 4) is 0 Å². The maximum absolute atomic E-state index is 11.2. The van der Waals surface area contributed by atoms with Crippen molar-refractivity contribution < 1.29 is 4.79 Å². The Hall–Kier alpha value is -1.29. The third-order valence-corrected chi connectivity index (χ3v) is 3.06. The fourth-order valence-corrected chi connectivity index (χ4v) is 2.20. The summed E-state index contributed by atoms with van der Waals surface area (Å²) in [7, 11) is 0. The van der Waals surface area contributed by atoms with Crippen molar-refractivity contribution in [3.05, 3.63) is 30.3 Å². The fourth-order valence-electron chi connectivity index (χ4n) is 1.26. The zero-order chi connectivity index (χ0) is 10.7. The summed E-state index contributed by atoms with van der Waals surface area (Å²) in [5.41, 5.74) is 1.00. The van der Waals surface area contributed by atoms with Crippen molar-refractivity contribution in [2.24, 2.45) is 4.99 Å². The molecule has 1 unspecified atom stereocenters. The predicted octanol–water partition coefficient (Wildman–Crippen LogP) is 2.16. The molecule has 1 aliphatic heterocycles. The minimum atomic E-state index is -0.211. The average molecular weight is 220 g/mol. The van der Waals surface area contributed by atoms with Crippen molar-refractivity contribution in [2.75, 3.05) is 11.1 Å². The Labute approximate surface area is 93.0 Å². The third-order valence-electron chi connectivity index (χ3n) is 2.15. The summed E-state index contributed by atoms with van der Waals surface area (Å²) in [6.07, 6.45) is 0. The largest absolute Gasteiger partial charge is 0.335 e. The number of anilines is 1. The predicted molar refractivity (Wildman–Crippen MR) is 64.4 cm³/mol. The smallest absolute Gasteiger partial charge is 0.167 e. The van der Waals surface area contributed by atoms with Crippen LogP contribution in [0.1, 0.15) is 6.92 Å². The van der Waals surface area contributed by atoms with E-state index in [0.29, 0.717) is 5.75 Å². The second kappa shape index (κ2) is 4.49. The lowest BCUT2D eigenvalue weighted by atomic mass is 10.2. The van der Waals surface area contributed by atoms with Gasteiger partial charge in [0.2, 0.25) is 0 Å². The summed E-state index contributed by atoms with van der Waals surface area (Å²) in [6, 6.07) is 9.63. The van der Waals surface area contributed by atoms with Crippen LogP contribution in [0.15, 0.2) is 35.3 Å². The molecule has 0 spiro atoms. The van der Waals surface area contributed by atoms with Crippen LogP contribution in [0.2, 0.25) is 0 Å². The number of ketones is 1. The van der Waals surface area contributed by atoms with Crippen LogP contribution in [0, 0.1) is 0 Å². The number of benzene rings is 1. The van der Waals surface area contributed by atoms with Crippen molar-refractivity contribution in [1.29, 1.82) is 0 Å². The molecule has 1 heterocycles. The topological polar surface area (TPSA) is 41.5 Å². The number of amidine groups is 1. The summed E-state index contributed by atoms with van der Waals surface area (Å²) >= 11 is 1.46. The van der Waals surface area contributed by atoms with Gasteiger partial charge in [-0.25, -0.2) is 0 Å². The first kappa shape index (κ1) is 10.2. The standard InChI is InChI=1S/C11H12N2OS/c1-8-10(14)7-15-11(12-8)13-9-5-3-2-4-6-9/h2-6,8H,7H2,1H3,(H,12,13). The summed E-state index contributed by atoms with van der Waals surface area (Å²) in [5.74, 6) is 0.707. The molecule has 3 nitrogen and oxygen atoms in total. The van der Waals surface area contributed by atoms with E-state index in [2.05, 4.69) is 10.3 Å². The Morgan fingerprint density at radius 2 is 2.13 bits per heavy atom. The molecule has 0 aliphatic carbocycles. The van der Waals surface area contributed by atoms with E-state index in [1.54, 1.807) is 0 Å². The van der Waals surface area contributed by atoms with Crippen LogP contribution < -0.4 is 5.32 Å². The molecule has 1 N–H and O–H groups in total. The van der Waals surface area contributed by atoms with E-state index in [1.807, 2.05) is 37.3 Å². The number of hydrogen-bond acceptors (Lipinski definition) is 4. The molecule has 1 aliphatic rings. The Balaban J connectivity index is 2.08. The molecule has 1 atom stereocenters. The van der Waals surface area contributed by atoms with Gasteiger partial charge in [-0.2, -0.15) is 0 Å². The molecule has 15 heavy (non-hydrogen) atoms. The molecule has 78 valence electrons. The van der Waals surface area contributed by atoms with Crippen molar-refractivity contribution in [2.45, 2.75) is 13.0 Å². The second-order valence-corrected chi connectivity index (χ2v) is 4.32. The fraction of sp³-hybridized carbons (Fsp3) is 0.273. The highest BCUT2D eigenvalue weighted by molar-refractivity contribution is 8.14. The number of para-hydroxylation sites is 1. The number of carbonyl (C=O) groups is 1. The second-order valence-electron chi connectivity index (χ2n) is 3.36. The number of aliphatic imine (C=N–C) groups is 1. The Morgan fingerprint density at radius 1 is 1.40 bits per heavy atom. The van der Waals surface area contributed by atoms with Gasteiger partial charge in [-0.1, -0.05) is 30.0 Å². The molecule has 4 heteroatoms. The zero-order valence-electron chi connectivity index (χ0n) is 8.43. The number of carbonyl (C=O) groups excluding carboxylic acids is 1. The van der Waals surface area contributed by atoms with Gasteiger partial charge in [0.1, 0.15) is 6.04 Å². The van der Waals surface area contributed by atoms with Gasteiger partial charge in [-0.05, 0) is 19.1 Å². The highest BCUT2D eigenvalue weighted by Crippen LogP contribution is 2.17. The normalized spacial score (nSPS) is 21.0. The van der Waals surface area contributed by atoms with Crippen molar-refractivity contribution in [3.63, 3.8) is 0 Å². The molecular weight excluding hydrogens is 208 g/mol. The van der Waals surface area contributed by atoms with Gasteiger partial charge in [-0.15, -0.1) is 0 Å². The number of rotatable bonds is 1. The average Bonchev–Trinajstić information content (AvgIpc) is 2.25. The first-order valence-electron chi connectivity index (χ1n) is 4.81.